The monoisotopic (exact) mass is 464 g/mol. The molecule has 1 N–H and O–H groups in total. The molecule has 9 heteroatoms. The van der Waals surface area contributed by atoms with Gasteiger partial charge in [0.25, 0.3) is 10.0 Å². The van der Waals surface area contributed by atoms with E-state index in [-0.39, 0.29) is 10.7 Å². The SMILES string of the molecule is Cc1cc(Br)cc(C)c1S(=O)(=O)Nc1ccn(-c2ccc(Cl)cc2C#N)n1. The van der Waals surface area contributed by atoms with Crippen LogP contribution < -0.4 is 4.72 Å². The van der Waals surface area contributed by atoms with Gasteiger partial charge in [-0.15, -0.1) is 5.10 Å². The summed E-state index contributed by atoms with van der Waals surface area (Å²) in [6.45, 7) is 3.47. The van der Waals surface area contributed by atoms with Crippen molar-refractivity contribution in [3.63, 3.8) is 0 Å². The van der Waals surface area contributed by atoms with Gasteiger partial charge in [-0.3, -0.25) is 4.72 Å². The maximum atomic E-state index is 12.8. The zero-order valence-corrected chi connectivity index (χ0v) is 17.5. The van der Waals surface area contributed by atoms with Crippen LogP contribution in [0.5, 0.6) is 0 Å². The molecule has 0 fully saturated rings. The minimum atomic E-state index is -3.82. The molecule has 1 heterocycles. The summed E-state index contributed by atoms with van der Waals surface area (Å²) in [6, 6.07) is 11.9. The van der Waals surface area contributed by atoms with Gasteiger partial charge in [0.05, 0.1) is 16.1 Å². The number of sulfonamides is 1. The Labute approximate surface area is 170 Å². The highest BCUT2D eigenvalue weighted by atomic mass is 79.9. The number of aryl methyl sites for hydroxylation is 2. The van der Waals surface area contributed by atoms with E-state index in [0.717, 1.165) is 4.47 Å². The van der Waals surface area contributed by atoms with Crippen molar-refractivity contribution in [2.75, 3.05) is 4.72 Å². The number of halogens is 2. The fourth-order valence-corrected chi connectivity index (χ4v) is 5.13. The first-order valence-electron chi connectivity index (χ1n) is 7.76. The van der Waals surface area contributed by atoms with Gasteiger partial charge in [-0.05, 0) is 55.3 Å². The lowest BCUT2D eigenvalue weighted by Gasteiger charge is -2.12. The summed E-state index contributed by atoms with van der Waals surface area (Å²) in [6.07, 6.45) is 1.57. The number of nitriles is 1. The number of hydrogen-bond donors (Lipinski definition) is 1. The van der Waals surface area contributed by atoms with Gasteiger partial charge >= 0.3 is 0 Å². The largest absolute Gasteiger partial charge is 0.263 e. The first kappa shape index (κ1) is 19.4. The molecule has 0 saturated heterocycles. The quantitative estimate of drug-likeness (QED) is 0.611. The van der Waals surface area contributed by atoms with Crippen LogP contribution in [0.1, 0.15) is 16.7 Å². The van der Waals surface area contributed by atoms with Gasteiger partial charge in [-0.2, -0.15) is 5.26 Å². The molecule has 138 valence electrons. The van der Waals surface area contributed by atoms with Gasteiger partial charge in [-0.1, -0.05) is 27.5 Å². The Morgan fingerprint density at radius 2 is 1.85 bits per heavy atom. The summed E-state index contributed by atoms with van der Waals surface area (Å²) in [5, 5.41) is 13.9. The summed E-state index contributed by atoms with van der Waals surface area (Å²) in [5.41, 5.74) is 2.08. The fraction of sp³-hybridized carbons (Fsp3) is 0.111. The average molecular weight is 466 g/mol. The van der Waals surface area contributed by atoms with Crippen molar-refractivity contribution in [2.45, 2.75) is 18.7 Å². The summed E-state index contributed by atoms with van der Waals surface area (Å²) >= 11 is 9.27. The molecule has 27 heavy (non-hydrogen) atoms. The van der Waals surface area contributed by atoms with Crippen molar-refractivity contribution >= 4 is 43.4 Å². The zero-order valence-electron chi connectivity index (χ0n) is 14.4. The highest BCUT2D eigenvalue weighted by Crippen LogP contribution is 2.26. The van der Waals surface area contributed by atoms with Crippen LogP contribution in [0.3, 0.4) is 0 Å². The van der Waals surface area contributed by atoms with Gasteiger partial charge in [0.2, 0.25) is 0 Å². The van der Waals surface area contributed by atoms with E-state index in [1.165, 1.54) is 16.8 Å². The van der Waals surface area contributed by atoms with Crippen molar-refractivity contribution in [3.8, 4) is 11.8 Å². The van der Waals surface area contributed by atoms with Crippen molar-refractivity contribution in [1.82, 2.24) is 9.78 Å². The van der Waals surface area contributed by atoms with E-state index in [1.807, 2.05) is 0 Å². The molecule has 0 radical (unpaired) electrons. The Kier molecular flexibility index (Phi) is 5.29. The van der Waals surface area contributed by atoms with Crippen LogP contribution in [0, 0.1) is 25.2 Å². The third-order valence-corrected chi connectivity index (χ3v) is 6.20. The van der Waals surface area contributed by atoms with Crippen LogP contribution in [0.4, 0.5) is 5.82 Å². The van der Waals surface area contributed by atoms with E-state index in [9.17, 15) is 13.7 Å². The first-order chi connectivity index (χ1) is 12.7. The highest BCUT2D eigenvalue weighted by molar-refractivity contribution is 9.10. The molecule has 0 aliphatic heterocycles. The van der Waals surface area contributed by atoms with Crippen LogP contribution in [0.25, 0.3) is 5.69 Å². The number of benzene rings is 2. The van der Waals surface area contributed by atoms with Crippen LogP contribution in [-0.4, -0.2) is 18.2 Å². The molecule has 0 aliphatic carbocycles. The molecule has 1 aromatic heterocycles. The molecule has 0 amide bonds. The number of anilines is 1. The van der Waals surface area contributed by atoms with Gasteiger partial charge in [0, 0.05) is 21.8 Å². The minimum Gasteiger partial charge on any atom is -0.262 e. The Morgan fingerprint density at radius 3 is 2.48 bits per heavy atom. The number of nitrogens with one attached hydrogen (secondary N) is 1. The van der Waals surface area contributed by atoms with Crippen molar-refractivity contribution in [3.05, 3.63) is 68.8 Å². The molecular weight excluding hydrogens is 452 g/mol. The van der Waals surface area contributed by atoms with E-state index in [1.54, 1.807) is 44.3 Å². The predicted octanol–water partition coefficient (Wildman–Crippen LogP) is 4.58. The van der Waals surface area contributed by atoms with E-state index >= 15 is 0 Å². The molecule has 6 nitrogen and oxygen atoms in total. The summed E-state index contributed by atoms with van der Waals surface area (Å²) in [7, 11) is -3.82. The lowest BCUT2D eigenvalue weighted by Crippen LogP contribution is -2.16. The number of nitrogens with zero attached hydrogens (tertiary/aromatic N) is 3. The number of aromatic nitrogens is 2. The van der Waals surface area contributed by atoms with E-state index in [4.69, 9.17) is 11.6 Å². The maximum absolute atomic E-state index is 12.8. The normalized spacial score (nSPS) is 11.2. The van der Waals surface area contributed by atoms with Crippen LogP contribution in [-0.2, 0) is 10.0 Å². The predicted molar refractivity (Wildman–Crippen MR) is 108 cm³/mol. The van der Waals surface area contributed by atoms with E-state index in [0.29, 0.717) is 27.4 Å². The van der Waals surface area contributed by atoms with Gasteiger partial charge in [0.15, 0.2) is 5.82 Å². The third-order valence-electron chi connectivity index (χ3n) is 3.85. The lowest BCUT2D eigenvalue weighted by molar-refractivity contribution is 0.599. The smallest absolute Gasteiger partial charge is 0.262 e. The summed E-state index contributed by atoms with van der Waals surface area (Å²) in [5.74, 6) is 0.149. The molecule has 3 rings (SSSR count). The minimum absolute atomic E-state index is 0.149. The lowest BCUT2D eigenvalue weighted by atomic mass is 10.2. The second kappa shape index (κ2) is 7.35. The van der Waals surface area contributed by atoms with Crippen LogP contribution in [0.15, 0.2) is 52.0 Å². The van der Waals surface area contributed by atoms with Gasteiger partial charge < -0.3 is 0 Å². The Bertz CT molecular complexity index is 1160. The highest BCUT2D eigenvalue weighted by Gasteiger charge is 2.21. The second-order valence-electron chi connectivity index (χ2n) is 5.89. The zero-order chi connectivity index (χ0) is 19.8. The summed E-state index contributed by atoms with van der Waals surface area (Å²) in [4.78, 5) is 0.212. The Hall–Kier alpha value is -2.34. The first-order valence-corrected chi connectivity index (χ1v) is 10.4. The standard InChI is InChI=1S/C18H14BrClN4O2S/c1-11-7-14(19)8-12(2)18(11)27(25,26)23-17-5-6-24(22-17)16-4-3-15(20)9-13(16)10-21/h3-9H,1-2H3,(H,22,23). The Morgan fingerprint density at radius 1 is 1.19 bits per heavy atom. The number of hydrogen-bond acceptors (Lipinski definition) is 4. The number of rotatable bonds is 4. The average Bonchev–Trinajstić information content (AvgIpc) is 3.00. The van der Waals surface area contributed by atoms with Crippen LogP contribution >= 0.6 is 27.5 Å². The topological polar surface area (TPSA) is 87.8 Å². The molecule has 0 aliphatic rings. The van der Waals surface area contributed by atoms with E-state index < -0.39 is 10.0 Å². The molecule has 0 unspecified atom stereocenters. The second-order valence-corrected chi connectivity index (χ2v) is 8.86. The summed E-state index contributed by atoms with van der Waals surface area (Å²) < 4.78 is 30.4. The molecule has 0 spiro atoms. The van der Waals surface area contributed by atoms with Gasteiger partial charge in [0.1, 0.15) is 6.07 Å². The van der Waals surface area contributed by atoms with Gasteiger partial charge in [-0.25, -0.2) is 13.1 Å². The molecule has 2 aromatic carbocycles. The third kappa shape index (κ3) is 4.00. The van der Waals surface area contributed by atoms with Crippen LogP contribution in [0.2, 0.25) is 5.02 Å². The maximum Gasteiger partial charge on any atom is 0.263 e. The van der Waals surface area contributed by atoms with Crippen molar-refractivity contribution in [1.29, 1.82) is 5.26 Å². The van der Waals surface area contributed by atoms with E-state index in [2.05, 4.69) is 31.8 Å². The Balaban J connectivity index is 1.96. The molecule has 0 atom stereocenters. The van der Waals surface area contributed by atoms with Crippen molar-refractivity contribution in [2.24, 2.45) is 0 Å². The molecular formula is C18H14BrClN4O2S. The van der Waals surface area contributed by atoms with Crippen molar-refractivity contribution < 1.29 is 8.42 Å². The molecule has 3 aromatic rings. The fourth-order valence-electron chi connectivity index (χ4n) is 2.82. The molecule has 0 saturated carbocycles. The molecule has 0 bridgehead atoms.